The molecule has 0 unspecified atom stereocenters. The van der Waals surface area contributed by atoms with E-state index >= 15 is 0 Å². The van der Waals surface area contributed by atoms with E-state index in [4.69, 9.17) is 42.3 Å². The Balaban J connectivity index is 1.60. The molecular weight excluding hydrogens is 474 g/mol. The van der Waals surface area contributed by atoms with Crippen molar-refractivity contribution in [3.05, 3.63) is 69.9 Å². The van der Waals surface area contributed by atoms with Gasteiger partial charge in [-0.2, -0.15) is 0 Å². The molecule has 0 fully saturated rings. The number of pyridine rings is 1. The lowest BCUT2D eigenvalue weighted by Gasteiger charge is -2.08. The van der Waals surface area contributed by atoms with E-state index < -0.39 is 5.56 Å². The van der Waals surface area contributed by atoms with Crippen molar-refractivity contribution < 1.29 is 18.2 Å². The molecule has 0 radical (unpaired) electrons. The van der Waals surface area contributed by atoms with Gasteiger partial charge in [-0.1, -0.05) is 23.5 Å². The van der Waals surface area contributed by atoms with Crippen LogP contribution in [-0.2, 0) is 0 Å². The summed E-state index contributed by atoms with van der Waals surface area (Å²) in [6.45, 7) is 0. The molecule has 5 aromatic rings. The summed E-state index contributed by atoms with van der Waals surface area (Å²) in [5.74, 6) is 1.78. The molecule has 160 valence electrons. The Morgan fingerprint density at radius 2 is 1.94 bits per heavy atom. The van der Waals surface area contributed by atoms with Gasteiger partial charge in [0, 0.05) is 18.3 Å². The number of para-hydroxylation sites is 2. The zero-order valence-electron chi connectivity index (χ0n) is 16.3. The number of benzene rings is 2. The number of methoxy groups -OCH3 is 1. The zero-order chi connectivity index (χ0) is 22.2. The van der Waals surface area contributed by atoms with Crippen molar-refractivity contribution in [3.8, 4) is 28.1 Å². The first kappa shape index (κ1) is 20.4. The Hall–Kier alpha value is -3.47. The molecule has 0 aliphatic carbocycles. The number of hydrogen-bond donors (Lipinski definition) is 0. The number of ether oxygens (including phenoxy) is 2. The highest BCUT2D eigenvalue weighted by molar-refractivity contribution is 7.71. The van der Waals surface area contributed by atoms with E-state index in [1.165, 1.54) is 29.2 Å². The van der Waals surface area contributed by atoms with Gasteiger partial charge in [-0.05, 0) is 36.5 Å². The van der Waals surface area contributed by atoms with Gasteiger partial charge in [0.15, 0.2) is 22.8 Å². The molecule has 0 aliphatic heterocycles. The van der Waals surface area contributed by atoms with E-state index in [1.54, 1.807) is 42.5 Å². The summed E-state index contributed by atoms with van der Waals surface area (Å²) in [5, 5.41) is 0.354. The molecule has 32 heavy (non-hydrogen) atoms. The Morgan fingerprint density at radius 3 is 2.72 bits per heavy atom. The third-order valence-electron chi connectivity index (χ3n) is 4.57. The zero-order valence-corrected chi connectivity index (χ0v) is 18.7. The van der Waals surface area contributed by atoms with Crippen molar-refractivity contribution in [2.24, 2.45) is 0 Å². The van der Waals surface area contributed by atoms with Crippen LogP contribution >= 0.6 is 35.4 Å². The van der Waals surface area contributed by atoms with Crippen molar-refractivity contribution in [1.82, 2.24) is 14.5 Å². The van der Waals surface area contributed by atoms with Crippen LogP contribution < -0.4 is 19.3 Å². The fraction of sp³-hybridized carbons (Fsp3) is 0.0476. The van der Waals surface area contributed by atoms with Crippen molar-refractivity contribution in [3.63, 3.8) is 0 Å². The summed E-state index contributed by atoms with van der Waals surface area (Å²) in [5.41, 5.74) is 0.509. The number of fused-ring (bicyclic) bond motifs is 2. The van der Waals surface area contributed by atoms with E-state index in [9.17, 15) is 4.79 Å². The predicted octanol–water partition coefficient (Wildman–Crippen LogP) is 5.65. The van der Waals surface area contributed by atoms with E-state index in [1.807, 2.05) is 6.07 Å². The molecule has 0 saturated heterocycles. The van der Waals surface area contributed by atoms with E-state index in [2.05, 4.69) is 9.97 Å². The second-order valence-corrected chi connectivity index (χ2v) is 7.96. The summed E-state index contributed by atoms with van der Waals surface area (Å²) in [4.78, 5) is 21.7. The van der Waals surface area contributed by atoms with Gasteiger partial charge >= 0.3 is 0 Å². The molecule has 0 N–H and O–H groups in total. The molecule has 0 bridgehead atoms. The number of hydrogen-bond acceptors (Lipinski definition) is 9. The number of rotatable bonds is 5. The maximum Gasteiger partial charge on any atom is 0.290 e. The van der Waals surface area contributed by atoms with Crippen LogP contribution in [0, 0.1) is 4.84 Å². The van der Waals surface area contributed by atoms with Crippen LogP contribution in [0.5, 0.6) is 23.0 Å². The summed E-state index contributed by atoms with van der Waals surface area (Å²) in [6.07, 6.45) is 1.47. The number of aromatic nitrogens is 3. The molecule has 3 aromatic heterocycles. The largest absolute Gasteiger partial charge is 0.493 e. The average Bonchev–Trinajstić information content (AvgIpc) is 3.22. The molecule has 0 amide bonds. The maximum atomic E-state index is 13.1. The lowest BCUT2D eigenvalue weighted by Crippen LogP contribution is -2.20. The van der Waals surface area contributed by atoms with Crippen LogP contribution in [0.1, 0.15) is 0 Å². The second kappa shape index (κ2) is 8.23. The normalized spacial score (nSPS) is 11.1. The van der Waals surface area contributed by atoms with Crippen molar-refractivity contribution in [1.29, 1.82) is 0 Å². The minimum Gasteiger partial charge on any atom is -0.493 e. The fourth-order valence-corrected chi connectivity index (χ4v) is 4.54. The highest BCUT2D eigenvalue weighted by Crippen LogP contribution is 2.35. The van der Waals surface area contributed by atoms with Crippen LogP contribution in [0.3, 0.4) is 0 Å². The summed E-state index contributed by atoms with van der Waals surface area (Å²) < 4.78 is 23.6. The minimum absolute atomic E-state index is 0.0579. The van der Waals surface area contributed by atoms with Crippen LogP contribution in [0.4, 0.5) is 0 Å². The van der Waals surface area contributed by atoms with Gasteiger partial charge in [-0.3, -0.25) is 4.79 Å². The summed E-state index contributed by atoms with van der Waals surface area (Å²) in [7, 11) is 1.48. The van der Waals surface area contributed by atoms with Gasteiger partial charge in [-0.25, -0.2) is 14.5 Å². The van der Waals surface area contributed by atoms with Gasteiger partial charge in [0.2, 0.25) is 10.7 Å². The molecule has 0 saturated carbocycles. The average molecular weight is 486 g/mol. The molecule has 2 aromatic carbocycles. The van der Waals surface area contributed by atoms with Crippen molar-refractivity contribution in [2.45, 2.75) is 0 Å². The molecule has 0 aliphatic rings. The maximum absolute atomic E-state index is 13.1. The highest BCUT2D eigenvalue weighted by Gasteiger charge is 2.17. The fourth-order valence-electron chi connectivity index (χ4n) is 3.11. The van der Waals surface area contributed by atoms with Crippen LogP contribution in [-0.4, -0.2) is 21.6 Å². The second-order valence-electron chi connectivity index (χ2n) is 6.45. The van der Waals surface area contributed by atoms with Gasteiger partial charge in [-0.15, -0.1) is 0 Å². The molecule has 8 nitrogen and oxygen atoms in total. The summed E-state index contributed by atoms with van der Waals surface area (Å²) >= 11 is 12.1. The Morgan fingerprint density at radius 1 is 1.12 bits per heavy atom. The molecule has 11 heteroatoms. The predicted molar refractivity (Wildman–Crippen MR) is 123 cm³/mol. The molecule has 0 atom stereocenters. The molecular formula is C21H12ClN3O5S2. The van der Waals surface area contributed by atoms with E-state index in [-0.39, 0.29) is 15.9 Å². The third kappa shape index (κ3) is 3.48. The van der Waals surface area contributed by atoms with Gasteiger partial charge in [0.25, 0.3) is 10.4 Å². The molecule has 5 rings (SSSR count). The SMILES string of the molecule is COc1ccnc2c(=O)n(-c3nc4ccc(Oc5ccccc5OCl)cc4s3)c(=S)oc12. The van der Waals surface area contributed by atoms with Gasteiger partial charge in [0.1, 0.15) is 17.6 Å². The molecule has 0 spiro atoms. The van der Waals surface area contributed by atoms with E-state index in [0.717, 1.165) is 4.70 Å². The number of nitrogens with zero attached hydrogens (tertiary/aromatic N) is 3. The smallest absolute Gasteiger partial charge is 0.290 e. The van der Waals surface area contributed by atoms with Crippen molar-refractivity contribution in [2.75, 3.05) is 7.11 Å². The monoisotopic (exact) mass is 485 g/mol. The standard InChI is InChI=1S/C21H12ClN3O5S2/c1-27-15-8-9-23-17-18(15)29-21(31)25(19(17)26)20-24-12-7-6-11(10-16(12)32-20)28-13-4-2-3-5-14(13)30-22/h2-10H,1H3. The van der Waals surface area contributed by atoms with E-state index in [0.29, 0.717) is 33.6 Å². The topological polar surface area (TPSA) is 88.6 Å². The lowest BCUT2D eigenvalue weighted by atomic mass is 10.3. The Kier molecular flexibility index (Phi) is 5.25. The van der Waals surface area contributed by atoms with Crippen molar-refractivity contribution >= 4 is 56.7 Å². The molecule has 3 heterocycles. The first-order valence-corrected chi connectivity index (χ1v) is 10.7. The lowest BCUT2D eigenvalue weighted by molar-refractivity contribution is 0.404. The quantitative estimate of drug-likeness (QED) is 0.295. The number of halogens is 1. The van der Waals surface area contributed by atoms with Gasteiger partial charge < -0.3 is 18.2 Å². The number of thiazole rings is 1. The van der Waals surface area contributed by atoms with Crippen LogP contribution in [0.15, 0.2) is 63.9 Å². The Bertz CT molecular complexity index is 1590. The minimum atomic E-state index is -0.445. The Labute approximate surface area is 194 Å². The first-order valence-electron chi connectivity index (χ1n) is 9.14. The van der Waals surface area contributed by atoms with Crippen LogP contribution in [0.25, 0.3) is 26.4 Å². The highest BCUT2D eigenvalue weighted by atomic mass is 35.5. The third-order valence-corrected chi connectivity index (χ3v) is 6.00. The summed E-state index contributed by atoms with van der Waals surface area (Å²) in [6, 6.07) is 13.9. The van der Waals surface area contributed by atoms with Crippen LogP contribution in [0.2, 0.25) is 0 Å². The first-order chi connectivity index (χ1) is 15.6. The van der Waals surface area contributed by atoms with Gasteiger partial charge in [0.05, 0.1) is 17.3 Å².